The molecule has 2 saturated carbocycles. The molecular weight excluding hydrogens is 410 g/mol. The fraction of sp³-hybridized carbons (Fsp3) is 0.296. The van der Waals surface area contributed by atoms with E-state index in [1.54, 1.807) is 6.20 Å². The lowest BCUT2D eigenvalue weighted by atomic mass is 9.64. The van der Waals surface area contributed by atoms with E-state index in [4.69, 9.17) is 10.5 Å². The molecule has 33 heavy (non-hydrogen) atoms. The van der Waals surface area contributed by atoms with Gasteiger partial charge in [-0.3, -0.25) is 10.1 Å². The van der Waals surface area contributed by atoms with Crippen molar-refractivity contribution in [2.75, 3.05) is 5.73 Å². The number of aromatic nitrogens is 4. The Morgan fingerprint density at radius 2 is 1.76 bits per heavy atom. The average molecular weight is 438 g/mol. The minimum absolute atomic E-state index is 0.0569. The SMILES string of the molecule is Nc1n[nH]c(-c2ccc(C3(c4ccc(OCc5ccccn5)cc4)CC4CCC3C4)cc2)n1. The number of ether oxygens (including phenoxy) is 1. The normalized spacial score (nSPS) is 23.6. The second kappa shape index (κ2) is 8.03. The molecule has 0 spiro atoms. The molecular formula is C27H27N5O. The molecule has 2 fully saturated rings. The van der Waals surface area contributed by atoms with Crippen LogP contribution in [0.15, 0.2) is 72.9 Å². The van der Waals surface area contributed by atoms with Crippen LogP contribution in [0.5, 0.6) is 5.75 Å². The van der Waals surface area contributed by atoms with Crippen LogP contribution in [-0.2, 0) is 12.0 Å². The van der Waals surface area contributed by atoms with Gasteiger partial charge >= 0.3 is 0 Å². The molecule has 0 amide bonds. The lowest BCUT2D eigenvalue weighted by Crippen LogP contribution is -2.34. The number of nitrogens with zero attached hydrogens (tertiary/aromatic N) is 3. The molecule has 6 rings (SSSR count). The van der Waals surface area contributed by atoms with Crippen molar-refractivity contribution in [3.63, 3.8) is 0 Å². The van der Waals surface area contributed by atoms with Gasteiger partial charge in [0, 0.05) is 17.2 Å². The smallest absolute Gasteiger partial charge is 0.239 e. The summed E-state index contributed by atoms with van der Waals surface area (Å²) in [6.45, 7) is 0.476. The summed E-state index contributed by atoms with van der Waals surface area (Å²) >= 11 is 0. The number of aromatic amines is 1. The lowest BCUT2D eigenvalue weighted by molar-refractivity contribution is 0.299. The lowest BCUT2D eigenvalue weighted by Gasteiger charge is -2.39. The molecule has 2 aliphatic carbocycles. The van der Waals surface area contributed by atoms with Crippen LogP contribution in [0.4, 0.5) is 5.95 Å². The summed E-state index contributed by atoms with van der Waals surface area (Å²) in [5.74, 6) is 3.33. The molecule has 6 heteroatoms. The van der Waals surface area contributed by atoms with Crippen LogP contribution in [0.2, 0.25) is 0 Å². The standard InChI is InChI=1S/C27H27N5O/c28-26-30-25(31-32-26)19-5-8-20(9-6-19)27(16-18-4-7-22(27)15-18)21-10-12-24(13-11-21)33-17-23-3-1-2-14-29-23/h1-3,5-6,8-14,18,22H,4,7,15-17H2,(H3,28,30,31,32). The maximum atomic E-state index is 5.99. The number of H-pyrrole nitrogens is 1. The Hall–Kier alpha value is -3.67. The molecule has 0 saturated heterocycles. The van der Waals surface area contributed by atoms with Crippen LogP contribution in [0.1, 0.15) is 42.5 Å². The molecule has 166 valence electrons. The molecule has 3 atom stereocenters. The summed E-state index contributed by atoms with van der Waals surface area (Å²) in [6, 6.07) is 23.4. The van der Waals surface area contributed by atoms with Crippen LogP contribution in [0, 0.1) is 11.8 Å². The van der Waals surface area contributed by atoms with Crippen LogP contribution >= 0.6 is 0 Å². The monoisotopic (exact) mass is 437 g/mol. The van der Waals surface area contributed by atoms with Crippen LogP contribution in [0.25, 0.3) is 11.4 Å². The van der Waals surface area contributed by atoms with Gasteiger partial charge in [-0.05, 0) is 66.5 Å². The first-order valence-corrected chi connectivity index (χ1v) is 11.6. The molecule has 2 aliphatic rings. The van der Waals surface area contributed by atoms with E-state index in [9.17, 15) is 0 Å². The second-order valence-corrected chi connectivity index (χ2v) is 9.31. The van der Waals surface area contributed by atoms with E-state index in [1.807, 2.05) is 18.2 Å². The second-order valence-electron chi connectivity index (χ2n) is 9.31. The summed E-state index contributed by atoms with van der Waals surface area (Å²) in [4.78, 5) is 8.60. The summed E-state index contributed by atoms with van der Waals surface area (Å²) in [7, 11) is 0. The van der Waals surface area contributed by atoms with Crippen molar-refractivity contribution in [3.8, 4) is 17.1 Å². The highest BCUT2D eigenvalue weighted by Crippen LogP contribution is 2.60. The molecule has 2 aromatic carbocycles. The van der Waals surface area contributed by atoms with Gasteiger partial charge in [-0.25, -0.2) is 0 Å². The van der Waals surface area contributed by atoms with E-state index < -0.39 is 0 Å². The maximum Gasteiger partial charge on any atom is 0.239 e. The first-order valence-electron chi connectivity index (χ1n) is 11.6. The number of anilines is 1. The Morgan fingerprint density at radius 3 is 2.36 bits per heavy atom. The van der Waals surface area contributed by atoms with E-state index in [2.05, 4.69) is 68.7 Å². The molecule has 2 heterocycles. The largest absolute Gasteiger partial charge is 0.487 e. The number of nitrogens with two attached hydrogens (primary N) is 1. The molecule has 2 bridgehead atoms. The summed E-state index contributed by atoms with van der Waals surface area (Å²) in [6.07, 6.45) is 6.97. The Kier molecular flexibility index (Phi) is 4.86. The summed E-state index contributed by atoms with van der Waals surface area (Å²) in [5, 5.41) is 6.86. The summed E-state index contributed by atoms with van der Waals surface area (Å²) < 4.78 is 5.99. The van der Waals surface area contributed by atoms with E-state index in [0.29, 0.717) is 18.3 Å². The number of nitrogens with one attached hydrogen (secondary N) is 1. The first kappa shape index (κ1) is 20.0. The first-order chi connectivity index (χ1) is 16.2. The fourth-order valence-corrected chi connectivity index (χ4v) is 6.02. The number of rotatable bonds is 6. The predicted molar refractivity (Wildman–Crippen MR) is 127 cm³/mol. The van der Waals surface area contributed by atoms with Gasteiger partial charge in [-0.15, -0.1) is 5.10 Å². The average Bonchev–Trinajstić information content (AvgIpc) is 3.61. The Morgan fingerprint density at radius 1 is 0.970 bits per heavy atom. The zero-order valence-corrected chi connectivity index (χ0v) is 18.4. The van der Waals surface area contributed by atoms with Gasteiger partial charge in [0.2, 0.25) is 5.95 Å². The van der Waals surface area contributed by atoms with E-state index in [0.717, 1.165) is 22.9 Å². The van der Waals surface area contributed by atoms with Gasteiger partial charge in [0.15, 0.2) is 5.82 Å². The number of hydrogen-bond donors (Lipinski definition) is 2. The van der Waals surface area contributed by atoms with E-state index in [1.165, 1.54) is 36.8 Å². The van der Waals surface area contributed by atoms with Crippen molar-refractivity contribution in [1.29, 1.82) is 0 Å². The fourth-order valence-electron chi connectivity index (χ4n) is 6.02. The van der Waals surface area contributed by atoms with Crippen molar-refractivity contribution in [2.24, 2.45) is 11.8 Å². The van der Waals surface area contributed by atoms with Crippen molar-refractivity contribution < 1.29 is 4.74 Å². The van der Waals surface area contributed by atoms with Crippen LogP contribution in [0.3, 0.4) is 0 Å². The Balaban J connectivity index is 1.29. The summed E-state index contributed by atoms with van der Waals surface area (Å²) in [5.41, 5.74) is 10.4. The third-order valence-electron chi connectivity index (χ3n) is 7.51. The van der Waals surface area contributed by atoms with Gasteiger partial charge in [0.1, 0.15) is 12.4 Å². The van der Waals surface area contributed by atoms with Crippen LogP contribution in [-0.4, -0.2) is 20.2 Å². The van der Waals surface area contributed by atoms with E-state index >= 15 is 0 Å². The van der Waals surface area contributed by atoms with Crippen molar-refractivity contribution >= 4 is 5.95 Å². The molecule has 3 N–H and O–H groups in total. The molecule has 6 nitrogen and oxygen atoms in total. The third-order valence-corrected chi connectivity index (χ3v) is 7.51. The third kappa shape index (κ3) is 3.55. The molecule has 0 aliphatic heterocycles. The van der Waals surface area contributed by atoms with Crippen LogP contribution < -0.4 is 10.5 Å². The van der Waals surface area contributed by atoms with Gasteiger partial charge in [-0.1, -0.05) is 48.9 Å². The topological polar surface area (TPSA) is 89.7 Å². The van der Waals surface area contributed by atoms with E-state index in [-0.39, 0.29) is 11.4 Å². The molecule has 4 aromatic rings. The number of hydrogen-bond acceptors (Lipinski definition) is 5. The highest BCUT2D eigenvalue weighted by Gasteiger charge is 2.52. The Labute approximate surface area is 193 Å². The minimum Gasteiger partial charge on any atom is -0.487 e. The molecule has 2 aromatic heterocycles. The number of pyridine rings is 1. The minimum atomic E-state index is 0.0569. The van der Waals surface area contributed by atoms with Gasteiger partial charge < -0.3 is 10.5 Å². The Bertz CT molecular complexity index is 1240. The zero-order chi connectivity index (χ0) is 22.3. The van der Waals surface area contributed by atoms with Crippen molar-refractivity contribution in [1.82, 2.24) is 20.2 Å². The molecule has 0 radical (unpaired) electrons. The number of benzene rings is 2. The van der Waals surface area contributed by atoms with Crippen molar-refractivity contribution in [2.45, 2.75) is 37.7 Å². The number of fused-ring (bicyclic) bond motifs is 2. The zero-order valence-electron chi connectivity index (χ0n) is 18.4. The molecule has 3 unspecified atom stereocenters. The highest BCUT2D eigenvalue weighted by molar-refractivity contribution is 5.58. The maximum absolute atomic E-state index is 5.99. The number of nitrogen functional groups attached to an aromatic ring is 1. The van der Waals surface area contributed by atoms with Gasteiger partial charge in [0.25, 0.3) is 0 Å². The highest BCUT2D eigenvalue weighted by atomic mass is 16.5. The van der Waals surface area contributed by atoms with Crippen molar-refractivity contribution in [3.05, 3.63) is 89.7 Å². The van der Waals surface area contributed by atoms with Gasteiger partial charge in [-0.2, -0.15) is 4.98 Å². The predicted octanol–water partition coefficient (Wildman–Crippen LogP) is 5.13. The quantitative estimate of drug-likeness (QED) is 0.436. The van der Waals surface area contributed by atoms with Gasteiger partial charge in [0.05, 0.1) is 5.69 Å².